The summed E-state index contributed by atoms with van der Waals surface area (Å²) in [6, 6.07) is 10.6. The fraction of sp³-hybridized carbons (Fsp3) is 0.542. The highest BCUT2D eigenvalue weighted by Gasteiger charge is 2.27. The van der Waals surface area contributed by atoms with Crippen LogP contribution < -0.4 is 15.6 Å². The van der Waals surface area contributed by atoms with E-state index in [0.29, 0.717) is 24.2 Å². The Bertz CT molecular complexity index is 922. The monoisotopic (exact) mass is 443 g/mol. The van der Waals surface area contributed by atoms with Crippen LogP contribution in [0.2, 0.25) is 0 Å². The standard InChI is InChI=1S/C24H33N3O3S/c1-4-6-16-30-21-20(26-24(31-3)27(5-2)23(21)29)22(28)25-19-14-12-18(13-15-19)17-10-8-7-9-11-17/h7-11,18-19H,4-6,12-16H2,1-3H3,(H,25,28). The average molecular weight is 444 g/mol. The van der Waals surface area contributed by atoms with Gasteiger partial charge < -0.3 is 10.1 Å². The number of nitrogens with zero attached hydrogens (tertiary/aromatic N) is 2. The smallest absolute Gasteiger partial charge is 0.297 e. The van der Waals surface area contributed by atoms with Crippen LogP contribution in [0.25, 0.3) is 0 Å². The molecule has 1 aliphatic rings. The van der Waals surface area contributed by atoms with E-state index in [4.69, 9.17) is 4.74 Å². The van der Waals surface area contributed by atoms with E-state index in [1.165, 1.54) is 17.3 Å². The van der Waals surface area contributed by atoms with Crippen LogP contribution in [0.1, 0.15) is 74.3 Å². The van der Waals surface area contributed by atoms with Crippen molar-refractivity contribution in [2.75, 3.05) is 12.9 Å². The molecule has 1 heterocycles. The fourth-order valence-electron chi connectivity index (χ4n) is 4.10. The maximum atomic E-state index is 13.1. The molecule has 0 bridgehead atoms. The van der Waals surface area contributed by atoms with Crippen molar-refractivity contribution in [2.45, 2.75) is 76.0 Å². The van der Waals surface area contributed by atoms with Crippen LogP contribution in [0.5, 0.6) is 5.75 Å². The number of hydrogen-bond acceptors (Lipinski definition) is 5. The molecule has 1 N–H and O–H groups in total. The van der Waals surface area contributed by atoms with E-state index in [2.05, 4.69) is 41.5 Å². The molecule has 1 aliphatic carbocycles. The van der Waals surface area contributed by atoms with Crippen molar-refractivity contribution >= 4 is 17.7 Å². The van der Waals surface area contributed by atoms with Crippen molar-refractivity contribution in [3.63, 3.8) is 0 Å². The van der Waals surface area contributed by atoms with Gasteiger partial charge in [-0.1, -0.05) is 55.4 Å². The second-order valence-electron chi connectivity index (χ2n) is 7.96. The molecule has 6 nitrogen and oxygen atoms in total. The molecule has 1 saturated carbocycles. The fourth-order valence-corrected chi connectivity index (χ4v) is 4.72. The van der Waals surface area contributed by atoms with Crippen LogP contribution in [0.3, 0.4) is 0 Å². The lowest BCUT2D eigenvalue weighted by atomic mass is 9.82. The molecule has 3 rings (SSSR count). The molecule has 0 atom stereocenters. The number of aromatic nitrogens is 2. The second-order valence-corrected chi connectivity index (χ2v) is 8.73. The highest BCUT2D eigenvalue weighted by atomic mass is 32.2. The van der Waals surface area contributed by atoms with Gasteiger partial charge in [-0.15, -0.1) is 0 Å². The summed E-state index contributed by atoms with van der Waals surface area (Å²) in [7, 11) is 0. The van der Waals surface area contributed by atoms with Gasteiger partial charge in [0.25, 0.3) is 11.5 Å². The molecule has 1 amide bonds. The van der Waals surface area contributed by atoms with Gasteiger partial charge in [-0.25, -0.2) is 4.98 Å². The van der Waals surface area contributed by atoms with Gasteiger partial charge >= 0.3 is 0 Å². The largest absolute Gasteiger partial charge is 0.486 e. The van der Waals surface area contributed by atoms with Crippen LogP contribution in [0.4, 0.5) is 0 Å². The Labute approximate surface area is 188 Å². The zero-order valence-corrected chi connectivity index (χ0v) is 19.5. The van der Waals surface area contributed by atoms with Crippen LogP contribution >= 0.6 is 11.8 Å². The molecule has 0 aliphatic heterocycles. The van der Waals surface area contributed by atoms with E-state index >= 15 is 0 Å². The number of rotatable bonds is 9. The van der Waals surface area contributed by atoms with Crippen molar-refractivity contribution in [1.29, 1.82) is 0 Å². The zero-order valence-electron chi connectivity index (χ0n) is 18.7. The molecular formula is C24H33N3O3S. The van der Waals surface area contributed by atoms with Crippen molar-refractivity contribution in [3.8, 4) is 5.75 Å². The minimum Gasteiger partial charge on any atom is -0.486 e. The van der Waals surface area contributed by atoms with E-state index < -0.39 is 0 Å². The molecule has 168 valence electrons. The predicted octanol–water partition coefficient (Wildman–Crippen LogP) is 4.62. The molecule has 2 aromatic rings. The SMILES string of the molecule is CCCCOc1c(C(=O)NC2CCC(c3ccccc3)CC2)nc(SC)n(CC)c1=O. The molecule has 0 saturated heterocycles. The summed E-state index contributed by atoms with van der Waals surface area (Å²) < 4.78 is 7.33. The Balaban J connectivity index is 1.74. The third-order valence-corrected chi connectivity index (χ3v) is 6.56. The van der Waals surface area contributed by atoms with E-state index in [1.807, 2.05) is 19.2 Å². The second kappa shape index (κ2) is 11.4. The summed E-state index contributed by atoms with van der Waals surface area (Å²) in [4.78, 5) is 30.6. The quantitative estimate of drug-likeness (QED) is 0.348. The van der Waals surface area contributed by atoms with Crippen molar-refractivity contribution in [1.82, 2.24) is 14.9 Å². The molecule has 0 spiro atoms. The summed E-state index contributed by atoms with van der Waals surface area (Å²) in [5.41, 5.74) is 1.20. The highest BCUT2D eigenvalue weighted by molar-refractivity contribution is 7.98. The topological polar surface area (TPSA) is 73.2 Å². The Morgan fingerprint density at radius 3 is 2.52 bits per heavy atom. The lowest BCUT2D eigenvalue weighted by molar-refractivity contribution is 0.0913. The number of nitrogens with one attached hydrogen (secondary N) is 1. The summed E-state index contributed by atoms with van der Waals surface area (Å²) in [6.45, 7) is 4.83. The van der Waals surface area contributed by atoms with E-state index in [0.717, 1.165) is 38.5 Å². The van der Waals surface area contributed by atoms with Crippen molar-refractivity contribution in [2.24, 2.45) is 0 Å². The third-order valence-electron chi connectivity index (χ3n) is 5.88. The summed E-state index contributed by atoms with van der Waals surface area (Å²) >= 11 is 1.36. The molecule has 1 aromatic carbocycles. The Morgan fingerprint density at radius 2 is 1.90 bits per heavy atom. The number of carbonyl (C=O) groups excluding carboxylic acids is 1. The van der Waals surface area contributed by atoms with E-state index in [1.54, 1.807) is 4.57 Å². The molecule has 31 heavy (non-hydrogen) atoms. The van der Waals surface area contributed by atoms with Gasteiger partial charge in [0.2, 0.25) is 5.75 Å². The van der Waals surface area contributed by atoms with Crippen LogP contribution in [0.15, 0.2) is 40.3 Å². The van der Waals surface area contributed by atoms with Crippen molar-refractivity contribution < 1.29 is 9.53 Å². The molecule has 0 radical (unpaired) electrons. The zero-order chi connectivity index (χ0) is 22.2. The number of unbranched alkanes of at least 4 members (excludes halogenated alkanes) is 1. The first-order valence-corrected chi connectivity index (χ1v) is 12.5. The van der Waals surface area contributed by atoms with Crippen LogP contribution in [-0.2, 0) is 6.54 Å². The first-order chi connectivity index (χ1) is 15.1. The summed E-state index contributed by atoms with van der Waals surface area (Å²) in [5.74, 6) is 0.297. The van der Waals surface area contributed by atoms with Crippen LogP contribution in [0, 0.1) is 0 Å². The predicted molar refractivity (Wildman–Crippen MR) is 125 cm³/mol. The van der Waals surface area contributed by atoms with Crippen molar-refractivity contribution in [3.05, 3.63) is 51.9 Å². The number of carbonyl (C=O) groups is 1. The first kappa shape index (κ1) is 23.4. The Morgan fingerprint density at radius 1 is 1.19 bits per heavy atom. The average Bonchev–Trinajstić information content (AvgIpc) is 2.80. The van der Waals surface area contributed by atoms with Gasteiger partial charge in [0.1, 0.15) is 0 Å². The normalized spacial score (nSPS) is 18.5. The molecular weight excluding hydrogens is 410 g/mol. The van der Waals surface area contributed by atoms with E-state index in [9.17, 15) is 9.59 Å². The minimum atomic E-state index is -0.315. The Hall–Kier alpha value is -2.28. The third kappa shape index (κ3) is 5.70. The lowest BCUT2D eigenvalue weighted by Gasteiger charge is -2.29. The van der Waals surface area contributed by atoms with E-state index in [-0.39, 0.29) is 29.0 Å². The van der Waals surface area contributed by atoms with Gasteiger partial charge in [-0.05, 0) is 56.8 Å². The Kier molecular flexibility index (Phi) is 8.58. The summed E-state index contributed by atoms with van der Waals surface area (Å²) in [5, 5.41) is 3.65. The molecule has 1 aromatic heterocycles. The first-order valence-electron chi connectivity index (χ1n) is 11.3. The number of ether oxygens (including phenoxy) is 1. The molecule has 0 unspecified atom stereocenters. The summed E-state index contributed by atoms with van der Waals surface area (Å²) in [6.07, 6.45) is 7.53. The molecule has 7 heteroatoms. The number of thioether (sulfide) groups is 1. The number of hydrogen-bond donors (Lipinski definition) is 1. The maximum absolute atomic E-state index is 13.1. The van der Waals surface area contributed by atoms with Gasteiger partial charge in [-0.2, -0.15) is 0 Å². The number of benzene rings is 1. The van der Waals surface area contributed by atoms with Gasteiger partial charge in [-0.3, -0.25) is 14.2 Å². The minimum absolute atomic E-state index is 0.0728. The lowest BCUT2D eigenvalue weighted by Crippen LogP contribution is -2.39. The van der Waals surface area contributed by atoms with Crippen LogP contribution in [-0.4, -0.2) is 34.4 Å². The number of amides is 1. The highest BCUT2D eigenvalue weighted by Crippen LogP contribution is 2.33. The maximum Gasteiger partial charge on any atom is 0.297 e. The van der Waals surface area contributed by atoms with Gasteiger partial charge in [0, 0.05) is 12.6 Å². The molecule has 1 fully saturated rings. The van der Waals surface area contributed by atoms with Gasteiger partial charge in [0.05, 0.1) is 6.61 Å². The van der Waals surface area contributed by atoms with Gasteiger partial charge in [0.15, 0.2) is 10.9 Å².